The summed E-state index contributed by atoms with van der Waals surface area (Å²) in [5.41, 5.74) is -3.72. The molecule has 0 aliphatic carbocycles. The van der Waals surface area contributed by atoms with Gasteiger partial charge in [0.1, 0.15) is 5.56 Å². The number of fused-ring (bicyclic) bond motifs is 3. The fraction of sp³-hybridized carbons (Fsp3) is 0.643. The van der Waals surface area contributed by atoms with Crippen molar-refractivity contribution in [3.8, 4) is 5.75 Å². The van der Waals surface area contributed by atoms with Crippen LogP contribution in [0, 0.1) is 5.92 Å². The molecule has 4 aliphatic rings. The van der Waals surface area contributed by atoms with Crippen molar-refractivity contribution in [1.82, 2.24) is 25.4 Å². The summed E-state index contributed by atoms with van der Waals surface area (Å²) in [6, 6.07) is 0.401. The first-order chi connectivity index (χ1) is 21.4. The number of pyridine rings is 1. The molecule has 6 heterocycles. The average Bonchev–Trinajstić information content (AvgIpc) is 3.39. The lowest BCUT2D eigenvalue weighted by Gasteiger charge is -2.43. The zero-order valence-corrected chi connectivity index (χ0v) is 24.2. The predicted octanol–water partition coefficient (Wildman–Crippen LogP) is 2.67. The highest BCUT2D eigenvalue weighted by atomic mass is 19.4. The van der Waals surface area contributed by atoms with Gasteiger partial charge in [0.05, 0.1) is 54.8 Å². The molecule has 45 heavy (non-hydrogen) atoms. The summed E-state index contributed by atoms with van der Waals surface area (Å²) in [7, 11) is 0. The van der Waals surface area contributed by atoms with Gasteiger partial charge < -0.3 is 29.5 Å². The highest BCUT2D eigenvalue weighted by molar-refractivity contribution is 5.79. The lowest BCUT2D eigenvalue weighted by atomic mass is 9.95. The quantitative estimate of drug-likeness (QED) is 0.474. The number of rotatable bonds is 5. The Labute approximate surface area is 253 Å². The molecule has 3 fully saturated rings. The number of hydrogen-bond donors (Lipinski definition) is 2. The number of piperazine rings is 1. The third-order valence-electron chi connectivity index (χ3n) is 8.93. The summed E-state index contributed by atoms with van der Waals surface area (Å²) in [4.78, 5) is 34.9. The van der Waals surface area contributed by atoms with E-state index in [9.17, 15) is 35.9 Å². The molecule has 0 bridgehead atoms. The Morgan fingerprint density at radius 1 is 1.04 bits per heavy atom. The van der Waals surface area contributed by atoms with Crippen LogP contribution in [0.3, 0.4) is 0 Å². The second-order valence-electron chi connectivity index (χ2n) is 11.8. The third-order valence-corrected chi connectivity index (χ3v) is 8.93. The average molecular weight is 646 g/mol. The first-order valence-electron chi connectivity index (χ1n) is 14.9. The van der Waals surface area contributed by atoms with E-state index in [0.717, 1.165) is 18.5 Å². The predicted molar refractivity (Wildman–Crippen MR) is 148 cm³/mol. The third kappa shape index (κ3) is 6.55. The van der Waals surface area contributed by atoms with E-state index in [1.54, 1.807) is 4.90 Å². The summed E-state index contributed by atoms with van der Waals surface area (Å²) in [5.74, 6) is -0.0300. The van der Waals surface area contributed by atoms with Crippen LogP contribution in [0.5, 0.6) is 5.75 Å². The molecular weight excluding hydrogens is 612 g/mol. The van der Waals surface area contributed by atoms with Gasteiger partial charge in [-0.25, -0.2) is 10.1 Å². The zero-order valence-electron chi connectivity index (χ0n) is 24.2. The summed E-state index contributed by atoms with van der Waals surface area (Å²) < 4.78 is 92.4. The molecule has 2 aromatic rings. The molecule has 0 spiro atoms. The molecule has 3 unspecified atom stereocenters. The van der Waals surface area contributed by atoms with E-state index in [1.807, 2.05) is 10.00 Å². The van der Waals surface area contributed by atoms with Gasteiger partial charge in [0.25, 0.3) is 5.56 Å². The number of nitrogens with zero attached hydrogens (tertiary/aromatic N) is 5. The van der Waals surface area contributed by atoms with Crippen molar-refractivity contribution >= 4 is 17.4 Å². The zero-order chi connectivity index (χ0) is 31.9. The maximum atomic E-state index is 13.7. The van der Waals surface area contributed by atoms with Gasteiger partial charge in [-0.3, -0.25) is 9.59 Å². The molecule has 3 saturated heterocycles. The van der Waals surface area contributed by atoms with Crippen LogP contribution in [-0.2, 0) is 21.9 Å². The molecular formula is C28H33F6N7O4. The maximum Gasteiger partial charge on any atom is 0.423 e. The number of H-pyrrole nitrogens is 1. The number of halogens is 6. The van der Waals surface area contributed by atoms with Gasteiger partial charge in [-0.05, 0) is 25.3 Å². The number of carbonyl (C=O) groups excluding carboxylic acids is 1. The Bertz CT molecular complexity index is 1450. The monoisotopic (exact) mass is 645 g/mol. The fourth-order valence-corrected chi connectivity index (χ4v) is 6.73. The van der Waals surface area contributed by atoms with E-state index in [0.29, 0.717) is 70.8 Å². The van der Waals surface area contributed by atoms with Gasteiger partial charge >= 0.3 is 12.4 Å². The van der Waals surface area contributed by atoms with Crippen molar-refractivity contribution in [2.45, 2.75) is 56.2 Å². The number of ether oxygens (including phenoxy) is 2. The van der Waals surface area contributed by atoms with Crippen LogP contribution in [0.15, 0.2) is 23.3 Å². The van der Waals surface area contributed by atoms with Crippen LogP contribution in [0.2, 0.25) is 0 Å². The molecule has 0 radical (unpaired) electrons. The minimum absolute atomic E-state index is 0.0619. The summed E-state index contributed by atoms with van der Waals surface area (Å²) in [6.07, 6.45) is -5.76. The minimum atomic E-state index is -4.84. The molecule has 17 heteroatoms. The number of aromatic amines is 1. The highest BCUT2D eigenvalue weighted by Gasteiger charge is 2.42. The summed E-state index contributed by atoms with van der Waals surface area (Å²) in [5, 5.41) is 8.69. The number of hydrogen-bond acceptors (Lipinski definition) is 9. The first kappa shape index (κ1) is 31.4. The normalized spacial score (nSPS) is 25.8. The van der Waals surface area contributed by atoms with Gasteiger partial charge in [0, 0.05) is 51.9 Å². The Kier molecular flexibility index (Phi) is 8.58. The van der Waals surface area contributed by atoms with Gasteiger partial charge in [0.2, 0.25) is 5.91 Å². The minimum Gasteiger partial charge on any atom is -0.490 e. The molecule has 4 atom stereocenters. The van der Waals surface area contributed by atoms with E-state index in [-0.39, 0.29) is 54.7 Å². The summed E-state index contributed by atoms with van der Waals surface area (Å²) in [6.45, 7) is 2.69. The maximum absolute atomic E-state index is 13.7. The molecule has 11 nitrogen and oxygen atoms in total. The topological polar surface area (TPSA) is 116 Å². The van der Waals surface area contributed by atoms with Crippen LogP contribution in [0.1, 0.15) is 36.8 Å². The Morgan fingerprint density at radius 3 is 2.64 bits per heavy atom. The van der Waals surface area contributed by atoms with E-state index >= 15 is 0 Å². The van der Waals surface area contributed by atoms with Crippen molar-refractivity contribution in [2.75, 3.05) is 62.3 Å². The Balaban J connectivity index is 1.06. The molecule has 246 valence electrons. The molecule has 0 aromatic carbocycles. The van der Waals surface area contributed by atoms with Crippen LogP contribution in [0.4, 0.5) is 37.8 Å². The van der Waals surface area contributed by atoms with Crippen molar-refractivity contribution in [1.29, 1.82) is 0 Å². The Hall–Kier alpha value is -3.60. The number of nitrogens with one attached hydrogen (secondary N) is 2. The van der Waals surface area contributed by atoms with Crippen molar-refractivity contribution < 1.29 is 40.6 Å². The standard InChI is InChI=1S/C28H33F6N7O4/c29-27(30,31)17-9-22-24(36-11-17)41-6-5-39(14-18(41)3-7-44-22)26(43)16-8-20(12-35-10-16)45-15-19-2-1-4-40(19)21-13-37-38-25(42)23(21)28(32,33)34/h9,11,13,16,18-20,35H,1-8,10,12,14-15H2,(H,38,42)/t16?,18?,19-,20?/m0/s1. The van der Waals surface area contributed by atoms with Gasteiger partial charge in [-0.15, -0.1) is 0 Å². The van der Waals surface area contributed by atoms with E-state index in [4.69, 9.17) is 9.47 Å². The number of anilines is 2. The second kappa shape index (κ2) is 12.3. The van der Waals surface area contributed by atoms with Crippen LogP contribution in [-0.4, -0.2) is 96.7 Å². The number of aromatic nitrogens is 3. The van der Waals surface area contributed by atoms with Crippen molar-refractivity contribution in [3.05, 3.63) is 39.9 Å². The fourth-order valence-electron chi connectivity index (χ4n) is 6.73. The van der Waals surface area contributed by atoms with Gasteiger partial charge in [-0.1, -0.05) is 0 Å². The van der Waals surface area contributed by atoms with Crippen LogP contribution in [0.25, 0.3) is 0 Å². The summed E-state index contributed by atoms with van der Waals surface area (Å²) >= 11 is 0. The largest absolute Gasteiger partial charge is 0.490 e. The number of piperidine rings is 1. The van der Waals surface area contributed by atoms with Crippen molar-refractivity contribution in [3.63, 3.8) is 0 Å². The van der Waals surface area contributed by atoms with Crippen LogP contribution < -0.4 is 25.4 Å². The number of amides is 1. The smallest absolute Gasteiger partial charge is 0.423 e. The Morgan fingerprint density at radius 2 is 1.87 bits per heavy atom. The first-order valence-corrected chi connectivity index (χ1v) is 14.9. The molecule has 2 aromatic heterocycles. The van der Waals surface area contributed by atoms with Crippen molar-refractivity contribution in [2.24, 2.45) is 5.92 Å². The molecule has 0 saturated carbocycles. The lowest BCUT2D eigenvalue weighted by molar-refractivity contribution is -0.139. The lowest BCUT2D eigenvalue weighted by Crippen LogP contribution is -2.58. The molecule has 2 N–H and O–H groups in total. The van der Waals surface area contributed by atoms with E-state index in [2.05, 4.69) is 15.4 Å². The second-order valence-corrected chi connectivity index (χ2v) is 11.8. The molecule has 1 amide bonds. The number of carbonyl (C=O) groups is 1. The van der Waals surface area contributed by atoms with Crippen LogP contribution >= 0.6 is 0 Å². The molecule has 4 aliphatic heterocycles. The molecule has 6 rings (SSSR count). The van der Waals surface area contributed by atoms with E-state index in [1.165, 1.54) is 4.90 Å². The SMILES string of the molecule is O=C(C1CNCC(OC[C@@H]2CCCN2c2cn[nH]c(=O)c2C(F)(F)F)C1)N1CCN2c3ncc(C(F)(F)F)cc3OCCC2C1. The van der Waals surface area contributed by atoms with Gasteiger partial charge in [0.15, 0.2) is 11.6 Å². The van der Waals surface area contributed by atoms with Gasteiger partial charge in [-0.2, -0.15) is 31.4 Å². The van der Waals surface area contributed by atoms with E-state index < -0.39 is 29.0 Å². The number of alkyl halides is 6. The highest BCUT2D eigenvalue weighted by Crippen LogP contribution is 2.39.